The molecule has 7 heterocycles. The molecule has 3 saturated heterocycles. The van der Waals surface area contributed by atoms with E-state index in [-0.39, 0.29) is 34.0 Å². The highest BCUT2D eigenvalue weighted by atomic mass is 32.2. The average molecular weight is 672 g/mol. The SMILES string of the molecule is Cc1nc2c(ncn2[C@@H]2O[C@@H]3COP(=O)(O)O[C@@H]4C(O)[C@H](n5cnc6c(N)ncnc65)O[C@@H]4CNS(=O)(=O)N[C@H]2C3O)c(=O)[nH]1. The van der Waals surface area contributed by atoms with Crippen LogP contribution in [0.4, 0.5) is 5.82 Å². The number of anilines is 1. The molecule has 242 valence electrons. The van der Waals surface area contributed by atoms with Crippen molar-refractivity contribution in [2.45, 2.75) is 55.9 Å². The zero-order valence-electron chi connectivity index (χ0n) is 22.9. The van der Waals surface area contributed by atoms with Gasteiger partial charge in [0, 0.05) is 6.54 Å². The maximum Gasteiger partial charge on any atom is 0.472 e. The first-order valence-corrected chi connectivity index (χ1v) is 16.3. The monoisotopic (exact) mass is 671 g/mol. The van der Waals surface area contributed by atoms with Crippen molar-refractivity contribution in [1.29, 1.82) is 0 Å². The fourth-order valence-electron chi connectivity index (χ4n) is 5.54. The van der Waals surface area contributed by atoms with E-state index in [9.17, 15) is 32.9 Å². The summed E-state index contributed by atoms with van der Waals surface area (Å²) in [5.41, 5.74) is 5.61. The maximum absolute atomic E-state index is 13.3. The number of aromatic nitrogens is 8. The van der Waals surface area contributed by atoms with Gasteiger partial charge in [0.05, 0.1) is 25.3 Å². The summed E-state index contributed by atoms with van der Waals surface area (Å²) in [5, 5.41) is 22.2. The lowest BCUT2D eigenvalue weighted by Crippen LogP contribution is -2.52. The zero-order valence-corrected chi connectivity index (χ0v) is 24.6. The number of aryl methyl sites for hydroxylation is 1. The molecule has 3 unspecified atom stereocenters. The molecule has 0 spiro atoms. The molecule has 4 aromatic heterocycles. The number of nitrogen functional groups attached to an aromatic ring is 1. The Labute approximate surface area is 251 Å². The molecule has 0 aromatic carbocycles. The van der Waals surface area contributed by atoms with E-state index in [1.807, 2.05) is 0 Å². The Kier molecular flexibility index (Phi) is 7.25. The van der Waals surface area contributed by atoms with Crippen LogP contribution < -0.4 is 20.7 Å². The predicted molar refractivity (Wildman–Crippen MR) is 147 cm³/mol. The van der Waals surface area contributed by atoms with Crippen molar-refractivity contribution in [2.24, 2.45) is 0 Å². The van der Waals surface area contributed by atoms with Gasteiger partial charge in [-0.15, -0.1) is 0 Å². The first-order chi connectivity index (χ1) is 21.3. The van der Waals surface area contributed by atoms with E-state index in [2.05, 4.69) is 39.3 Å². The van der Waals surface area contributed by atoms with Gasteiger partial charge in [0.15, 0.2) is 35.1 Å². The Morgan fingerprint density at radius 3 is 2.51 bits per heavy atom. The van der Waals surface area contributed by atoms with Crippen LogP contribution in [0.3, 0.4) is 0 Å². The summed E-state index contributed by atoms with van der Waals surface area (Å²) in [5.74, 6) is 0.286. The number of H-pyrrole nitrogens is 1. The summed E-state index contributed by atoms with van der Waals surface area (Å²) in [6.45, 7) is 0.189. The van der Waals surface area contributed by atoms with Gasteiger partial charge in [-0.3, -0.25) is 23.0 Å². The minimum absolute atomic E-state index is 0.0331. The number of aliphatic hydroxyl groups excluding tert-OH is 2. The Balaban J connectivity index is 1.21. The predicted octanol–water partition coefficient (Wildman–Crippen LogP) is -3.32. The molecule has 3 fully saturated rings. The van der Waals surface area contributed by atoms with Crippen LogP contribution in [-0.4, -0.2) is 112 Å². The molecule has 4 aromatic rings. The second kappa shape index (κ2) is 10.8. The van der Waals surface area contributed by atoms with Crippen LogP contribution in [0.2, 0.25) is 0 Å². The average Bonchev–Trinajstić information content (AvgIpc) is 3.72. The molecular formula is C21H26N11O11PS. The maximum atomic E-state index is 13.3. The van der Waals surface area contributed by atoms with Crippen molar-refractivity contribution < 1.29 is 46.6 Å². The highest BCUT2D eigenvalue weighted by Gasteiger charge is 2.52. The molecule has 2 bridgehead atoms. The first-order valence-electron chi connectivity index (χ1n) is 13.3. The number of aromatic amines is 1. The molecule has 0 saturated carbocycles. The standard InChI is InChI=1S/C21H26N11O11PS/c1-7-28-18-12(19(35)29-7)26-6-32(18)20-10-13(33)9(42-20)3-40-44(36,37)43-15-8(2-27-45(38,39)30-10)41-21(14(15)34)31-5-25-11-16(22)23-4-24-17(11)31/h4-6,8-10,13-15,20-21,27,30,33-34H,2-3H2,1H3,(H,36,37)(H2,22,23,24)(H,28,29,35)/t8-,9-,10+,13?,14?,15+,20-,21-/m1/s1. The molecule has 0 amide bonds. The van der Waals surface area contributed by atoms with Crippen molar-refractivity contribution in [3.05, 3.63) is 35.2 Å². The van der Waals surface area contributed by atoms with Crippen LogP contribution in [0, 0.1) is 6.92 Å². The summed E-state index contributed by atoms with van der Waals surface area (Å²) in [7, 11) is -9.51. The van der Waals surface area contributed by atoms with Crippen molar-refractivity contribution >= 4 is 46.2 Å². The zero-order chi connectivity index (χ0) is 31.8. The number of hydrogen-bond acceptors (Lipinski definition) is 16. The highest BCUT2D eigenvalue weighted by molar-refractivity contribution is 7.87. The molecule has 0 radical (unpaired) electrons. The number of aliphatic hydroxyl groups is 2. The van der Waals surface area contributed by atoms with E-state index in [1.165, 1.54) is 28.7 Å². The minimum Gasteiger partial charge on any atom is -0.388 e. The quantitative estimate of drug-likeness (QED) is 0.103. The molecule has 8 N–H and O–H groups in total. The second-order valence-corrected chi connectivity index (χ2v) is 13.4. The molecule has 45 heavy (non-hydrogen) atoms. The fourth-order valence-corrected chi connectivity index (χ4v) is 7.58. The lowest BCUT2D eigenvalue weighted by atomic mass is 10.1. The normalized spacial score (nSPS) is 35.6. The van der Waals surface area contributed by atoms with E-state index in [0.29, 0.717) is 0 Å². The van der Waals surface area contributed by atoms with Gasteiger partial charge in [0.25, 0.3) is 15.8 Å². The van der Waals surface area contributed by atoms with Gasteiger partial charge in [0.1, 0.15) is 48.2 Å². The summed E-state index contributed by atoms with van der Waals surface area (Å²) in [6.07, 6.45) is -6.69. The van der Waals surface area contributed by atoms with Crippen molar-refractivity contribution in [3.8, 4) is 0 Å². The van der Waals surface area contributed by atoms with Crippen LogP contribution in [0.1, 0.15) is 18.3 Å². The van der Waals surface area contributed by atoms with E-state index >= 15 is 0 Å². The Morgan fingerprint density at radius 1 is 1.02 bits per heavy atom. The third-order valence-corrected chi connectivity index (χ3v) is 9.70. The third-order valence-electron chi connectivity index (χ3n) is 7.59. The fraction of sp³-hybridized carbons (Fsp3) is 0.524. The van der Waals surface area contributed by atoms with Crippen molar-refractivity contribution in [3.63, 3.8) is 0 Å². The molecular weight excluding hydrogens is 645 g/mol. The van der Waals surface area contributed by atoms with Crippen molar-refractivity contribution in [2.75, 3.05) is 18.9 Å². The number of nitrogens with one attached hydrogen (secondary N) is 3. The van der Waals surface area contributed by atoms with E-state index in [1.54, 1.807) is 0 Å². The van der Waals surface area contributed by atoms with E-state index in [4.69, 9.17) is 24.3 Å². The number of nitrogens with zero attached hydrogens (tertiary/aromatic N) is 7. The topological polar surface area (TPSA) is 306 Å². The number of fused-ring (bicyclic) bond motifs is 5. The van der Waals surface area contributed by atoms with Crippen molar-refractivity contribution in [1.82, 2.24) is 48.5 Å². The smallest absolute Gasteiger partial charge is 0.388 e. The number of ether oxygens (including phenoxy) is 2. The van der Waals surface area contributed by atoms with Gasteiger partial charge in [-0.05, 0) is 6.92 Å². The lowest BCUT2D eigenvalue weighted by molar-refractivity contribution is -0.0504. The van der Waals surface area contributed by atoms with Crippen LogP contribution >= 0.6 is 7.82 Å². The summed E-state index contributed by atoms with van der Waals surface area (Å²) >= 11 is 0. The molecule has 7 rings (SSSR count). The number of phosphoric ester groups is 1. The van der Waals surface area contributed by atoms with E-state index in [0.717, 1.165) is 6.33 Å². The van der Waals surface area contributed by atoms with Gasteiger partial charge in [-0.25, -0.2) is 29.5 Å². The summed E-state index contributed by atoms with van der Waals surface area (Å²) in [4.78, 5) is 45.8. The summed E-state index contributed by atoms with van der Waals surface area (Å²) in [6, 6.07) is -1.43. The third kappa shape index (κ3) is 5.30. The Hall–Kier alpha value is -3.48. The van der Waals surface area contributed by atoms with Gasteiger partial charge < -0.3 is 35.3 Å². The van der Waals surface area contributed by atoms with Crippen LogP contribution in [-0.2, 0) is 33.3 Å². The van der Waals surface area contributed by atoms with Gasteiger partial charge in [0.2, 0.25) is 0 Å². The van der Waals surface area contributed by atoms with Crippen LogP contribution in [0.5, 0.6) is 0 Å². The number of nitrogens with two attached hydrogens (primary N) is 1. The molecule has 3 aliphatic rings. The van der Waals surface area contributed by atoms with Crippen LogP contribution in [0.15, 0.2) is 23.8 Å². The molecule has 22 nitrogen and oxygen atoms in total. The van der Waals surface area contributed by atoms with Gasteiger partial charge in [-0.1, -0.05) is 0 Å². The number of hydrogen-bond donors (Lipinski definition) is 7. The number of phosphoric acid groups is 1. The molecule has 0 aliphatic carbocycles. The molecule has 3 aliphatic heterocycles. The second-order valence-electron chi connectivity index (χ2n) is 10.5. The Bertz CT molecular complexity index is 2000. The lowest BCUT2D eigenvalue weighted by Gasteiger charge is -2.25. The number of rotatable bonds is 2. The highest BCUT2D eigenvalue weighted by Crippen LogP contribution is 2.49. The largest absolute Gasteiger partial charge is 0.472 e. The van der Waals surface area contributed by atoms with Crippen LogP contribution in [0.25, 0.3) is 22.3 Å². The number of imidazole rings is 2. The molecule has 9 atom stereocenters. The Morgan fingerprint density at radius 2 is 1.73 bits per heavy atom. The van der Waals surface area contributed by atoms with Gasteiger partial charge >= 0.3 is 7.82 Å². The van der Waals surface area contributed by atoms with Gasteiger partial charge in [-0.2, -0.15) is 17.9 Å². The summed E-state index contributed by atoms with van der Waals surface area (Å²) < 4.78 is 69.0. The van der Waals surface area contributed by atoms with E-state index < -0.39 is 85.8 Å². The first kappa shape index (κ1) is 30.2. The molecule has 24 heteroatoms. The minimum atomic E-state index is -5.02.